The van der Waals surface area contributed by atoms with E-state index in [1.807, 2.05) is 0 Å². The quantitative estimate of drug-likeness (QED) is 0.536. The Morgan fingerprint density at radius 1 is 0.733 bits per heavy atom. The van der Waals surface area contributed by atoms with E-state index < -0.39 is 0 Å². The minimum atomic E-state index is -0.340. The molecule has 2 aliphatic rings. The van der Waals surface area contributed by atoms with Gasteiger partial charge in [-0.15, -0.1) is 0 Å². The zero-order valence-electron chi connectivity index (χ0n) is 18.2. The summed E-state index contributed by atoms with van der Waals surface area (Å²) < 4.78 is 2.34. The van der Waals surface area contributed by atoms with Crippen LogP contribution in [0.15, 0.2) is 48.5 Å². The predicted molar refractivity (Wildman–Crippen MR) is 126 cm³/mol. The SMILES string of the molecule is O[C@@H](CN(C1CCCCC1)C1CCCCC1)Cn1c2ccccc2c2ccccc21. The molecule has 1 N–H and O–H groups in total. The van der Waals surface area contributed by atoms with Crippen molar-refractivity contribution in [3.63, 3.8) is 0 Å². The Balaban J connectivity index is 1.40. The molecule has 1 heterocycles. The van der Waals surface area contributed by atoms with Gasteiger partial charge < -0.3 is 9.67 Å². The standard InChI is InChI=1S/C27H36N2O/c30-23(19-28(21-11-3-1-4-12-21)22-13-5-2-6-14-22)20-29-26-17-9-7-15-24(26)25-16-8-10-18-27(25)29/h7-10,15-18,21-23,30H,1-6,11-14,19-20H2/t23-/m0/s1. The smallest absolute Gasteiger partial charge is 0.0846 e. The van der Waals surface area contributed by atoms with Crippen molar-refractivity contribution in [3.8, 4) is 0 Å². The van der Waals surface area contributed by atoms with Gasteiger partial charge >= 0.3 is 0 Å². The van der Waals surface area contributed by atoms with E-state index in [0.717, 1.165) is 6.54 Å². The van der Waals surface area contributed by atoms with Crippen molar-refractivity contribution in [2.75, 3.05) is 6.54 Å². The summed E-state index contributed by atoms with van der Waals surface area (Å²) in [6.45, 7) is 1.49. The van der Waals surface area contributed by atoms with Crippen LogP contribution in [-0.2, 0) is 6.54 Å². The highest BCUT2D eigenvalue weighted by atomic mass is 16.3. The summed E-state index contributed by atoms with van der Waals surface area (Å²) in [7, 11) is 0. The number of aliphatic hydroxyl groups excluding tert-OH is 1. The summed E-state index contributed by atoms with van der Waals surface area (Å²) in [5, 5.41) is 13.9. The fourth-order valence-electron chi connectivity index (χ4n) is 6.13. The highest BCUT2D eigenvalue weighted by molar-refractivity contribution is 6.07. The summed E-state index contributed by atoms with van der Waals surface area (Å²) in [6, 6.07) is 18.6. The second-order valence-corrected chi connectivity index (χ2v) is 9.58. The molecule has 3 aromatic rings. The first-order valence-electron chi connectivity index (χ1n) is 12.2. The van der Waals surface area contributed by atoms with Crippen molar-refractivity contribution in [2.45, 2.75) is 88.9 Å². The van der Waals surface area contributed by atoms with Crippen LogP contribution in [-0.4, -0.2) is 39.3 Å². The van der Waals surface area contributed by atoms with Crippen LogP contribution in [0, 0.1) is 0 Å². The van der Waals surface area contributed by atoms with Crippen molar-refractivity contribution < 1.29 is 5.11 Å². The Kier molecular flexibility index (Phi) is 6.10. The van der Waals surface area contributed by atoms with Crippen LogP contribution in [0.4, 0.5) is 0 Å². The molecule has 2 fully saturated rings. The molecule has 0 amide bonds. The number of aliphatic hydroxyl groups is 1. The highest BCUT2D eigenvalue weighted by Gasteiger charge is 2.30. The molecule has 0 aliphatic heterocycles. The van der Waals surface area contributed by atoms with E-state index in [2.05, 4.69) is 58.0 Å². The average Bonchev–Trinajstić information content (AvgIpc) is 3.12. The zero-order chi connectivity index (χ0) is 20.3. The first kappa shape index (κ1) is 20.1. The van der Waals surface area contributed by atoms with E-state index in [1.54, 1.807) is 0 Å². The van der Waals surface area contributed by atoms with Gasteiger partial charge in [-0.05, 0) is 37.8 Å². The number of hydrogen-bond donors (Lipinski definition) is 1. The molecule has 0 radical (unpaired) electrons. The van der Waals surface area contributed by atoms with Gasteiger partial charge in [0.25, 0.3) is 0 Å². The summed E-state index contributed by atoms with van der Waals surface area (Å²) in [5.74, 6) is 0. The number of para-hydroxylation sites is 2. The van der Waals surface area contributed by atoms with Crippen LogP contribution in [0.3, 0.4) is 0 Å². The maximum Gasteiger partial charge on any atom is 0.0846 e. The Labute approximate surface area is 180 Å². The minimum Gasteiger partial charge on any atom is -0.390 e. The van der Waals surface area contributed by atoms with Gasteiger partial charge in [-0.2, -0.15) is 0 Å². The number of fused-ring (bicyclic) bond motifs is 3. The molecule has 3 nitrogen and oxygen atoms in total. The molecule has 2 aliphatic carbocycles. The summed E-state index contributed by atoms with van der Waals surface area (Å²) >= 11 is 0. The Bertz CT molecular complexity index is 894. The zero-order valence-corrected chi connectivity index (χ0v) is 18.2. The molecule has 0 spiro atoms. The van der Waals surface area contributed by atoms with Gasteiger partial charge in [0, 0.05) is 40.4 Å². The normalized spacial score (nSPS) is 20.3. The van der Waals surface area contributed by atoms with Crippen molar-refractivity contribution in [1.82, 2.24) is 9.47 Å². The molecule has 30 heavy (non-hydrogen) atoms. The van der Waals surface area contributed by atoms with Gasteiger partial charge in [0.2, 0.25) is 0 Å². The molecule has 3 heteroatoms. The maximum atomic E-state index is 11.3. The number of benzene rings is 2. The molecule has 1 atom stereocenters. The van der Waals surface area contributed by atoms with Crippen LogP contribution >= 0.6 is 0 Å². The van der Waals surface area contributed by atoms with Gasteiger partial charge in [0.15, 0.2) is 0 Å². The second-order valence-electron chi connectivity index (χ2n) is 9.58. The van der Waals surface area contributed by atoms with Crippen LogP contribution in [0.2, 0.25) is 0 Å². The summed E-state index contributed by atoms with van der Waals surface area (Å²) in [6.07, 6.45) is 13.1. The van der Waals surface area contributed by atoms with E-state index in [1.165, 1.54) is 86.0 Å². The van der Waals surface area contributed by atoms with Crippen molar-refractivity contribution in [3.05, 3.63) is 48.5 Å². The Hall–Kier alpha value is -1.84. The molecule has 2 aromatic carbocycles. The largest absolute Gasteiger partial charge is 0.390 e. The summed E-state index contributed by atoms with van der Waals surface area (Å²) in [5.41, 5.74) is 2.47. The summed E-state index contributed by atoms with van der Waals surface area (Å²) in [4.78, 5) is 2.73. The van der Waals surface area contributed by atoms with E-state index in [0.29, 0.717) is 18.6 Å². The molecular formula is C27H36N2O. The minimum absolute atomic E-state index is 0.340. The third-order valence-electron chi connectivity index (χ3n) is 7.58. The highest BCUT2D eigenvalue weighted by Crippen LogP contribution is 2.32. The van der Waals surface area contributed by atoms with Gasteiger partial charge in [-0.1, -0.05) is 74.9 Å². The van der Waals surface area contributed by atoms with Crippen LogP contribution in [0.25, 0.3) is 21.8 Å². The lowest BCUT2D eigenvalue weighted by Gasteiger charge is -2.42. The lowest BCUT2D eigenvalue weighted by atomic mass is 9.88. The molecular weight excluding hydrogens is 368 g/mol. The molecule has 5 rings (SSSR count). The molecule has 0 saturated heterocycles. The van der Waals surface area contributed by atoms with Gasteiger partial charge in [-0.25, -0.2) is 0 Å². The number of nitrogens with zero attached hydrogens (tertiary/aromatic N) is 2. The van der Waals surface area contributed by atoms with Crippen LogP contribution in [0.5, 0.6) is 0 Å². The van der Waals surface area contributed by atoms with Crippen LogP contribution in [0.1, 0.15) is 64.2 Å². The number of rotatable bonds is 6. The van der Waals surface area contributed by atoms with Gasteiger partial charge in [0.1, 0.15) is 0 Å². The van der Waals surface area contributed by atoms with Gasteiger partial charge in [0.05, 0.1) is 12.6 Å². The molecule has 0 unspecified atom stereocenters. The molecule has 160 valence electrons. The predicted octanol–water partition coefficient (Wildman–Crippen LogP) is 6.12. The van der Waals surface area contributed by atoms with Crippen molar-refractivity contribution >= 4 is 21.8 Å². The van der Waals surface area contributed by atoms with E-state index in [4.69, 9.17) is 0 Å². The monoisotopic (exact) mass is 404 g/mol. The van der Waals surface area contributed by atoms with Crippen molar-refractivity contribution in [2.24, 2.45) is 0 Å². The fraction of sp³-hybridized carbons (Fsp3) is 0.556. The number of aromatic nitrogens is 1. The Morgan fingerprint density at radius 3 is 1.70 bits per heavy atom. The van der Waals surface area contributed by atoms with E-state index >= 15 is 0 Å². The maximum absolute atomic E-state index is 11.3. The topological polar surface area (TPSA) is 28.4 Å². The average molecular weight is 405 g/mol. The van der Waals surface area contributed by atoms with Crippen molar-refractivity contribution in [1.29, 1.82) is 0 Å². The number of hydrogen-bond acceptors (Lipinski definition) is 2. The first-order valence-corrected chi connectivity index (χ1v) is 12.2. The molecule has 2 saturated carbocycles. The first-order chi connectivity index (χ1) is 14.8. The second kappa shape index (κ2) is 9.11. The third kappa shape index (κ3) is 4.02. The van der Waals surface area contributed by atoms with E-state index in [9.17, 15) is 5.11 Å². The lowest BCUT2D eigenvalue weighted by molar-refractivity contribution is 0.0242. The van der Waals surface area contributed by atoms with Crippen LogP contribution < -0.4 is 0 Å². The Morgan fingerprint density at radius 2 is 1.20 bits per heavy atom. The lowest BCUT2D eigenvalue weighted by Crippen LogP contribution is -2.49. The fourth-order valence-corrected chi connectivity index (χ4v) is 6.13. The van der Waals surface area contributed by atoms with Gasteiger partial charge in [-0.3, -0.25) is 4.90 Å². The molecule has 0 bridgehead atoms. The molecule has 1 aromatic heterocycles. The van der Waals surface area contributed by atoms with E-state index in [-0.39, 0.29) is 6.10 Å². The third-order valence-corrected chi connectivity index (χ3v) is 7.58.